The fraction of sp³-hybridized carbons (Fsp3) is 0. The first-order valence-corrected chi connectivity index (χ1v) is 5.42. The maximum atomic E-state index is 4.07. The van der Waals surface area contributed by atoms with Gasteiger partial charge in [-0.05, 0) is 23.8 Å². The van der Waals surface area contributed by atoms with Gasteiger partial charge < -0.3 is 0 Å². The Kier molecular flexibility index (Phi) is 1.93. The summed E-state index contributed by atoms with van der Waals surface area (Å²) in [5, 5.41) is 8.99. The van der Waals surface area contributed by atoms with Gasteiger partial charge in [0.05, 0.1) is 22.1 Å². The average Bonchev–Trinajstić information content (AvgIpc) is 2.82. The van der Waals surface area contributed by atoms with Gasteiger partial charge in [-0.25, -0.2) is 0 Å². The minimum absolute atomic E-state index is 0.922. The first-order valence-electron chi connectivity index (χ1n) is 4.54. The third kappa shape index (κ3) is 1.49. The smallest absolute Gasteiger partial charge is 0.0930 e. The van der Waals surface area contributed by atoms with Crippen LogP contribution < -0.4 is 0 Å². The van der Waals surface area contributed by atoms with Crippen molar-refractivity contribution in [1.29, 1.82) is 0 Å². The molecule has 1 aromatic carbocycles. The van der Waals surface area contributed by atoms with E-state index in [1.54, 1.807) is 17.5 Å². The number of hydrogen-bond acceptors (Lipinski definition) is 4. The van der Waals surface area contributed by atoms with E-state index in [-0.39, 0.29) is 0 Å². The maximum absolute atomic E-state index is 4.07. The number of aromatic nitrogens is 3. The summed E-state index contributed by atoms with van der Waals surface area (Å²) >= 11 is 1.64. The van der Waals surface area contributed by atoms with Gasteiger partial charge in [0.1, 0.15) is 0 Å². The quantitative estimate of drug-likeness (QED) is 0.624. The molecule has 0 spiro atoms. The van der Waals surface area contributed by atoms with Gasteiger partial charge in [0, 0.05) is 11.6 Å². The van der Waals surface area contributed by atoms with Crippen molar-refractivity contribution >= 4 is 22.2 Å². The fourth-order valence-corrected chi connectivity index (χ4v) is 2.12. The number of fused-ring (bicyclic) bond motifs is 1. The van der Waals surface area contributed by atoms with Crippen molar-refractivity contribution in [3.05, 3.63) is 42.2 Å². The normalized spacial score (nSPS) is 10.7. The molecule has 0 unspecified atom stereocenters. The van der Waals surface area contributed by atoms with Crippen molar-refractivity contribution < 1.29 is 0 Å². The Morgan fingerprint density at radius 2 is 2.13 bits per heavy atom. The van der Waals surface area contributed by atoms with Crippen LogP contribution in [0.2, 0.25) is 0 Å². The number of thiazole rings is 1. The number of hydrogen-bond donors (Lipinski definition) is 0. The summed E-state index contributed by atoms with van der Waals surface area (Å²) in [6, 6.07) is 8.10. The molecule has 0 aliphatic rings. The topological polar surface area (TPSA) is 38.7 Å². The van der Waals surface area contributed by atoms with Gasteiger partial charge in [-0.1, -0.05) is 6.07 Å². The molecule has 0 saturated heterocycles. The predicted octanol–water partition coefficient (Wildman–Crippen LogP) is 2.75. The first-order chi connectivity index (χ1) is 7.43. The average molecular weight is 213 g/mol. The van der Waals surface area contributed by atoms with E-state index in [4.69, 9.17) is 0 Å². The van der Waals surface area contributed by atoms with E-state index < -0.39 is 0 Å². The Balaban J connectivity index is 2.22. The lowest BCUT2D eigenvalue weighted by Crippen LogP contribution is -1.82. The SMILES string of the molecule is c1cc2cc(-c3cncs3)ccc2nn1. The summed E-state index contributed by atoms with van der Waals surface area (Å²) in [6.07, 6.45) is 3.58. The largest absolute Gasteiger partial charge is 0.252 e. The lowest BCUT2D eigenvalue weighted by molar-refractivity contribution is 1.08. The molecule has 72 valence electrons. The standard InChI is InChI=1S/C11H7N3S/c1-2-10-8(3-4-13-14-10)5-9(1)11-6-12-7-15-11/h1-7H. The lowest BCUT2D eigenvalue weighted by atomic mass is 10.1. The highest BCUT2D eigenvalue weighted by Crippen LogP contribution is 2.25. The van der Waals surface area contributed by atoms with Gasteiger partial charge in [-0.2, -0.15) is 10.2 Å². The summed E-state index contributed by atoms with van der Waals surface area (Å²) in [5.41, 5.74) is 3.94. The highest BCUT2D eigenvalue weighted by molar-refractivity contribution is 7.13. The molecule has 3 rings (SSSR count). The van der Waals surface area contributed by atoms with E-state index in [9.17, 15) is 0 Å². The number of nitrogens with zero attached hydrogens (tertiary/aromatic N) is 3. The molecule has 0 atom stereocenters. The predicted molar refractivity (Wildman–Crippen MR) is 60.6 cm³/mol. The summed E-state index contributed by atoms with van der Waals surface area (Å²) in [4.78, 5) is 5.24. The lowest BCUT2D eigenvalue weighted by Gasteiger charge is -1.98. The molecule has 0 radical (unpaired) electrons. The molecular weight excluding hydrogens is 206 g/mol. The fourth-order valence-electron chi connectivity index (χ4n) is 1.50. The van der Waals surface area contributed by atoms with Crippen LogP contribution in [0.4, 0.5) is 0 Å². The van der Waals surface area contributed by atoms with Crippen LogP contribution in [0.3, 0.4) is 0 Å². The third-order valence-corrected chi connectivity index (χ3v) is 3.05. The van der Waals surface area contributed by atoms with Gasteiger partial charge in [0.15, 0.2) is 0 Å². The zero-order valence-corrected chi connectivity index (χ0v) is 8.61. The van der Waals surface area contributed by atoms with E-state index in [2.05, 4.69) is 21.2 Å². The monoisotopic (exact) mass is 213 g/mol. The second-order valence-electron chi connectivity index (χ2n) is 3.17. The molecule has 0 aliphatic heterocycles. The summed E-state index contributed by atoms with van der Waals surface area (Å²) in [5.74, 6) is 0. The Morgan fingerprint density at radius 3 is 3.00 bits per heavy atom. The molecule has 0 bridgehead atoms. The van der Waals surface area contributed by atoms with Crippen LogP contribution in [0.1, 0.15) is 0 Å². The minimum Gasteiger partial charge on any atom is -0.252 e. The van der Waals surface area contributed by atoms with Crippen LogP contribution in [0, 0.1) is 0 Å². The molecule has 0 fully saturated rings. The van der Waals surface area contributed by atoms with Crippen molar-refractivity contribution in [2.24, 2.45) is 0 Å². The van der Waals surface area contributed by atoms with E-state index in [1.807, 2.05) is 29.9 Å². The Morgan fingerprint density at radius 1 is 1.13 bits per heavy atom. The van der Waals surface area contributed by atoms with Crippen molar-refractivity contribution in [1.82, 2.24) is 15.2 Å². The van der Waals surface area contributed by atoms with Crippen LogP contribution in [0.5, 0.6) is 0 Å². The van der Waals surface area contributed by atoms with Crippen LogP contribution in [-0.4, -0.2) is 15.2 Å². The molecule has 0 amide bonds. The van der Waals surface area contributed by atoms with Crippen LogP contribution in [0.25, 0.3) is 21.3 Å². The van der Waals surface area contributed by atoms with E-state index >= 15 is 0 Å². The van der Waals surface area contributed by atoms with Gasteiger partial charge in [-0.15, -0.1) is 11.3 Å². The molecule has 2 heterocycles. The molecular formula is C11H7N3S. The maximum Gasteiger partial charge on any atom is 0.0930 e. The van der Waals surface area contributed by atoms with Crippen LogP contribution >= 0.6 is 11.3 Å². The second kappa shape index (κ2) is 3.40. The van der Waals surface area contributed by atoms with Gasteiger partial charge >= 0.3 is 0 Å². The van der Waals surface area contributed by atoms with Gasteiger partial charge in [-0.3, -0.25) is 4.98 Å². The first kappa shape index (κ1) is 8.49. The van der Waals surface area contributed by atoms with Crippen molar-refractivity contribution in [2.75, 3.05) is 0 Å². The van der Waals surface area contributed by atoms with E-state index in [1.165, 1.54) is 10.4 Å². The van der Waals surface area contributed by atoms with Gasteiger partial charge in [0.2, 0.25) is 0 Å². The highest BCUT2D eigenvalue weighted by atomic mass is 32.1. The second-order valence-corrected chi connectivity index (χ2v) is 4.06. The van der Waals surface area contributed by atoms with Crippen LogP contribution in [0.15, 0.2) is 42.2 Å². The molecule has 15 heavy (non-hydrogen) atoms. The molecule has 3 aromatic rings. The number of rotatable bonds is 1. The Bertz CT molecular complexity index is 590. The highest BCUT2D eigenvalue weighted by Gasteiger charge is 2.01. The Labute approximate surface area is 90.4 Å². The molecule has 0 saturated carbocycles. The molecule has 0 N–H and O–H groups in total. The van der Waals surface area contributed by atoms with E-state index in [0.717, 1.165) is 10.9 Å². The zero-order valence-electron chi connectivity index (χ0n) is 7.79. The van der Waals surface area contributed by atoms with Crippen molar-refractivity contribution in [2.45, 2.75) is 0 Å². The minimum atomic E-state index is 0.922. The molecule has 3 nitrogen and oxygen atoms in total. The summed E-state index contributed by atoms with van der Waals surface area (Å²) < 4.78 is 0. The molecule has 4 heteroatoms. The summed E-state index contributed by atoms with van der Waals surface area (Å²) in [7, 11) is 0. The number of benzene rings is 1. The van der Waals surface area contributed by atoms with Gasteiger partial charge in [0.25, 0.3) is 0 Å². The third-order valence-electron chi connectivity index (χ3n) is 2.23. The summed E-state index contributed by atoms with van der Waals surface area (Å²) in [6.45, 7) is 0. The Hall–Kier alpha value is -1.81. The van der Waals surface area contributed by atoms with Crippen LogP contribution in [-0.2, 0) is 0 Å². The van der Waals surface area contributed by atoms with E-state index in [0.29, 0.717) is 0 Å². The van der Waals surface area contributed by atoms with Crippen molar-refractivity contribution in [3.63, 3.8) is 0 Å². The van der Waals surface area contributed by atoms with Crippen molar-refractivity contribution in [3.8, 4) is 10.4 Å². The molecule has 0 aliphatic carbocycles. The molecule has 2 aromatic heterocycles. The zero-order chi connectivity index (χ0) is 10.1.